The van der Waals surface area contributed by atoms with Gasteiger partial charge in [-0.05, 0) is 54.6 Å². The third-order valence-electron chi connectivity index (χ3n) is 2.22. The summed E-state index contributed by atoms with van der Waals surface area (Å²) in [6.45, 7) is 5.41. The molecule has 0 spiro atoms. The second kappa shape index (κ2) is 5.70. The topological polar surface area (TPSA) is 20.3 Å². The zero-order chi connectivity index (χ0) is 11.4. The summed E-state index contributed by atoms with van der Waals surface area (Å²) < 4.78 is 0.910. The molecule has 15 heavy (non-hydrogen) atoms. The SMILES string of the molecule is CCN(CC)C(=O)c1ccc(Cl)c(I)c1. The van der Waals surface area contributed by atoms with Gasteiger partial charge in [-0.15, -0.1) is 0 Å². The zero-order valence-electron chi connectivity index (χ0n) is 8.76. The highest BCUT2D eigenvalue weighted by Gasteiger charge is 2.12. The van der Waals surface area contributed by atoms with Crippen LogP contribution >= 0.6 is 34.2 Å². The first-order chi connectivity index (χ1) is 7.10. The lowest BCUT2D eigenvalue weighted by molar-refractivity contribution is 0.0773. The molecule has 0 saturated heterocycles. The number of halogens is 2. The van der Waals surface area contributed by atoms with Crippen molar-refractivity contribution in [3.63, 3.8) is 0 Å². The maximum absolute atomic E-state index is 11.9. The molecule has 1 amide bonds. The Bertz CT molecular complexity index is 364. The van der Waals surface area contributed by atoms with E-state index >= 15 is 0 Å². The molecule has 82 valence electrons. The number of nitrogens with zero attached hydrogens (tertiary/aromatic N) is 1. The van der Waals surface area contributed by atoms with E-state index in [1.165, 1.54) is 0 Å². The van der Waals surface area contributed by atoms with Gasteiger partial charge in [-0.3, -0.25) is 4.79 Å². The van der Waals surface area contributed by atoms with Crippen LogP contribution in [0.2, 0.25) is 5.02 Å². The van der Waals surface area contributed by atoms with Gasteiger partial charge in [0, 0.05) is 22.2 Å². The highest BCUT2D eigenvalue weighted by molar-refractivity contribution is 14.1. The lowest BCUT2D eigenvalue weighted by Crippen LogP contribution is -2.30. The Kier molecular flexibility index (Phi) is 4.86. The monoisotopic (exact) mass is 337 g/mol. The number of carbonyl (C=O) groups is 1. The Morgan fingerprint density at radius 2 is 2.00 bits per heavy atom. The number of hydrogen-bond acceptors (Lipinski definition) is 1. The minimum Gasteiger partial charge on any atom is -0.339 e. The first kappa shape index (κ1) is 12.8. The van der Waals surface area contributed by atoms with E-state index in [4.69, 9.17) is 11.6 Å². The molecule has 1 aromatic rings. The van der Waals surface area contributed by atoms with Crippen LogP contribution in [-0.4, -0.2) is 23.9 Å². The number of carbonyl (C=O) groups excluding carboxylic acids is 1. The predicted octanol–water partition coefficient (Wildman–Crippen LogP) is 3.43. The van der Waals surface area contributed by atoms with Crippen LogP contribution in [-0.2, 0) is 0 Å². The van der Waals surface area contributed by atoms with E-state index in [-0.39, 0.29) is 5.91 Å². The van der Waals surface area contributed by atoms with Gasteiger partial charge >= 0.3 is 0 Å². The van der Waals surface area contributed by atoms with E-state index < -0.39 is 0 Å². The number of benzene rings is 1. The van der Waals surface area contributed by atoms with Gasteiger partial charge in [0.1, 0.15) is 0 Å². The Hall–Kier alpha value is -0.290. The fourth-order valence-corrected chi connectivity index (χ4v) is 1.96. The molecule has 2 nitrogen and oxygen atoms in total. The summed E-state index contributed by atoms with van der Waals surface area (Å²) in [5.74, 6) is 0.0644. The predicted molar refractivity (Wildman–Crippen MR) is 71.4 cm³/mol. The third kappa shape index (κ3) is 3.08. The summed E-state index contributed by atoms with van der Waals surface area (Å²) >= 11 is 8.03. The first-order valence-electron chi connectivity index (χ1n) is 4.84. The summed E-state index contributed by atoms with van der Waals surface area (Å²) in [4.78, 5) is 13.7. The molecule has 0 bridgehead atoms. The average molecular weight is 338 g/mol. The van der Waals surface area contributed by atoms with Gasteiger partial charge in [0.2, 0.25) is 0 Å². The minimum atomic E-state index is 0.0644. The maximum atomic E-state index is 11.9. The molecule has 0 aliphatic heterocycles. The van der Waals surface area contributed by atoms with Crippen LogP contribution < -0.4 is 0 Å². The van der Waals surface area contributed by atoms with Gasteiger partial charge in [0.25, 0.3) is 5.91 Å². The van der Waals surface area contributed by atoms with E-state index in [2.05, 4.69) is 22.6 Å². The van der Waals surface area contributed by atoms with Crippen molar-refractivity contribution in [3.05, 3.63) is 32.4 Å². The van der Waals surface area contributed by atoms with E-state index in [0.717, 1.165) is 16.7 Å². The quantitative estimate of drug-likeness (QED) is 0.774. The molecule has 4 heteroatoms. The van der Waals surface area contributed by atoms with Crippen molar-refractivity contribution in [1.82, 2.24) is 4.90 Å². The molecule has 0 heterocycles. The summed E-state index contributed by atoms with van der Waals surface area (Å²) in [6.07, 6.45) is 0. The second-order valence-corrected chi connectivity index (χ2v) is 4.68. The van der Waals surface area contributed by atoms with E-state index in [0.29, 0.717) is 10.6 Å². The fourth-order valence-electron chi connectivity index (χ4n) is 1.32. The third-order valence-corrected chi connectivity index (χ3v) is 3.76. The van der Waals surface area contributed by atoms with Crippen LogP contribution in [0, 0.1) is 3.57 Å². The number of hydrogen-bond donors (Lipinski definition) is 0. The number of rotatable bonds is 3. The molecule has 0 atom stereocenters. The van der Waals surface area contributed by atoms with Crippen molar-refractivity contribution in [2.45, 2.75) is 13.8 Å². The molecule has 0 aromatic heterocycles. The lowest BCUT2D eigenvalue weighted by atomic mass is 10.2. The molecular formula is C11H13ClINO. The second-order valence-electron chi connectivity index (χ2n) is 3.11. The van der Waals surface area contributed by atoms with Crippen LogP contribution in [0.4, 0.5) is 0 Å². The van der Waals surface area contributed by atoms with Crippen molar-refractivity contribution >= 4 is 40.1 Å². The van der Waals surface area contributed by atoms with Crippen LogP contribution in [0.5, 0.6) is 0 Å². The molecule has 0 fully saturated rings. The smallest absolute Gasteiger partial charge is 0.253 e. The Morgan fingerprint density at radius 1 is 1.40 bits per heavy atom. The minimum absolute atomic E-state index is 0.0644. The van der Waals surface area contributed by atoms with Gasteiger partial charge in [-0.25, -0.2) is 0 Å². The van der Waals surface area contributed by atoms with Crippen LogP contribution in [0.1, 0.15) is 24.2 Å². The molecule has 0 unspecified atom stereocenters. The van der Waals surface area contributed by atoms with Crippen molar-refractivity contribution in [2.75, 3.05) is 13.1 Å². The number of amides is 1. The average Bonchev–Trinajstić information content (AvgIpc) is 2.23. The molecule has 0 saturated carbocycles. The highest BCUT2D eigenvalue weighted by atomic mass is 127. The zero-order valence-corrected chi connectivity index (χ0v) is 11.7. The molecule has 1 aromatic carbocycles. The summed E-state index contributed by atoms with van der Waals surface area (Å²) in [5.41, 5.74) is 0.701. The molecule has 0 radical (unpaired) electrons. The van der Waals surface area contributed by atoms with Crippen LogP contribution in [0.3, 0.4) is 0 Å². The van der Waals surface area contributed by atoms with Crippen LogP contribution in [0.25, 0.3) is 0 Å². The van der Waals surface area contributed by atoms with E-state index in [1.807, 2.05) is 19.9 Å². The highest BCUT2D eigenvalue weighted by Crippen LogP contribution is 2.20. The van der Waals surface area contributed by atoms with Crippen molar-refractivity contribution < 1.29 is 4.79 Å². The van der Waals surface area contributed by atoms with Crippen molar-refractivity contribution in [2.24, 2.45) is 0 Å². The molecular weight excluding hydrogens is 324 g/mol. The Morgan fingerprint density at radius 3 is 2.47 bits per heavy atom. The normalized spacial score (nSPS) is 10.1. The largest absolute Gasteiger partial charge is 0.339 e. The maximum Gasteiger partial charge on any atom is 0.253 e. The van der Waals surface area contributed by atoms with Gasteiger partial charge in [0.15, 0.2) is 0 Å². The van der Waals surface area contributed by atoms with Crippen molar-refractivity contribution in [1.29, 1.82) is 0 Å². The van der Waals surface area contributed by atoms with Gasteiger partial charge in [-0.2, -0.15) is 0 Å². The first-order valence-corrected chi connectivity index (χ1v) is 6.30. The van der Waals surface area contributed by atoms with Gasteiger partial charge < -0.3 is 4.90 Å². The van der Waals surface area contributed by atoms with E-state index in [1.54, 1.807) is 17.0 Å². The molecule has 1 rings (SSSR count). The standard InChI is InChI=1S/C11H13ClINO/c1-3-14(4-2)11(15)8-5-6-9(12)10(13)7-8/h5-7H,3-4H2,1-2H3. The summed E-state index contributed by atoms with van der Waals surface area (Å²) in [5, 5.41) is 0.687. The van der Waals surface area contributed by atoms with Crippen molar-refractivity contribution in [3.8, 4) is 0 Å². The van der Waals surface area contributed by atoms with E-state index in [9.17, 15) is 4.79 Å². The Balaban J connectivity index is 2.96. The van der Waals surface area contributed by atoms with Crippen LogP contribution in [0.15, 0.2) is 18.2 Å². The van der Waals surface area contributed by atoms with Gasteiger partial charge in [0.05, 0.1) is 5.02 Å². The lowest BCUT2D eigenvalue weighted by Gasteiger charge is -2.18. The Labute approximate surface area is 109 Å². The van der Waals surface area contributed by atoms with Gasteiger partial charge in [-0.1, -0.05) is 11.6 Å². The molecule has 0 aliphatic carbocycles. The summed E-state index contributed by atoms with van der Waals surface area (Å²) in [7, 11) is 0. The summed E-state index contributed by atoms with van der Waals surface area (Å²) in [6, 6.07) is 5.36. The fraction of sp³-hybridized carbons (Fsp3) is 0.364. The molecule has 0 aliphatic rings. The molecule has 0 N–H and O–H groups in total.